The van der Waals surface area contributed by atoms with Gasteiger partial charge in [-0.3, -0.25) is 0 Å². The molecule has 0 aliphatic heterocycles. The number of hydrogen-bond donors (Lipinski definition) is 0. The minimum Gasteiger partial charge on any atom is -0.550 e. The second kappa shape index (κ2) is 20.0. The summed E-state index contributed by atoms with van der Waals surface area (Å²) in [5.74, 6) is -1.90. The first kappa shape index (κ1) is 32.7. The summed E-state index contributed by atoms with van der Waals surface area (Å²) in [4.78, 5) is 21.9. The van der Waals surface area contributed by atoms with Crippen LogP contribution in [0.4, 0.5) is 0 Å². The molecule has 0 saturated heterocycles. The van der Waals surface area contributed by atoms with Gasteiger partial charge in [-0.1, -0.05) is 80.3 Å². The zero-order valence-corrected chi connectivity index (χ0v) is 24.9. The molecule has 2 rings (SSSR count). The number of unbranched alkanes of at least 4 members (excludes halogenated alkanes) is 5. The zero-order chi connectivity index (χ0) is 22.3. The molecule has 0 spiro atoms. The predicted molar refractivity (Wildman–Crippen MR) is 122 cm³/mol. The van der Waals surface area contributed by atoms with Crippen LogP contribution in [0.3, 0.4) is 0 Å². The maximum absolute atomic E-state index is 11.2. The third-order valence-corrected chi connectivity index (χ3v) is 6.65. The van der Waals surface area contributed by atoms with Crippen molar-refractivity contribution in [3.8, 4) is 0 Å². The van der Waals surface area contributed by atoms with Crippen LogP contribution in [0.1, 0.15) is 73.3 Å². The first-order valence-corrected chi connectivity index (χ1v) is 12.2. The van der Waals surface area contributed by atoms with Gasteiger partial charge in [0.25, 0.3) is 0 Å². The van der Waals surface area contributed by atoms with Crippen molar-refractivity contribution >= 4 is 23.7 Å². The monoisotopic (exact) mass is 486 g/mol. The van der Waals surface area contributed by atoms with Gasteiger partial charge >= 0.3 is 59.1 Å². The molecule has 0 fully saturated rings. The zero-order valence-electron chi connectivity index (χ0n) is 20.1. The molecule has 0 amide bonds. The van der Waals surface area contributed by atoms with Crippen molar-refractivity contribution in [2.75, 3.05) is 5.75 Å². The van der Waals surface area contributed by atoms with Crippen molar-refractivity contribution in [1.29, 1.82) is 0 Å². The smallest absolute Gasteiger partial charge is 0.550 e. The Balaban J connectivity index is 0.00000512. The van der Waals surface area contributed by atoms with E-state index in [-0.39, 0.29) is 77.2 Å². The second-order valence-corrected chi connectivity index (χ2v) is 9.17. The number of aryl methyl sites for hydroxylation is 2. The topological polar surface area (TPSA) is 80.3 Å². The Hall–Kier alpha value is -0.270. The molecule has 0 aromatic heterocycles. The molecule has 33 heavy (non-hydrogen) atoms. The standard InChI is InChI=1S/C26H34O4S.2Na/c27-25(28)18-19-31-24(20-26(29)30)23-17-11-10-16-22(23)15-9-4-2-1-3-6-12-21-13-7-5-8-14-21;;/h5,7-8,10-11,13-14,16-17,24H,1-4,6,9,12,15,18-20H2,(H,27,28)(H,29,30);;/q;2*+1/p-2/t24-;;/m0../s1. The molecule has 0 N–H and O–H groups in total. The maximum atomic E-state index is 11.2. The van der Waals surface area contributed by atoms with E-state index in [1.807, 2.05) is 18.2 Å². The van der Waals surface area contributed by atoms with Gasteiger partial charge in [0, 0.05) is 23.6 Å². The maximum Gasteiger partial charge on any atom is 1.00 e. The molecule has 7 heteroatoms. The van der Waals surface area contributed by atoms with E-state index in [0.717, 1.165) is 36.8 Å². The van der Waals surface area contributed by atoms with Crippen LogP contribution in [0.25, 0.3) is 0 Å². The van der Waals surface area contributed by atoms with E-state index >= 15 is 0 Å². The van der Waals surface area contributed by atoms with Crippen LogP contribution >= 0.6 is 11.8 Å². The molecular formula is C26H32Na2O4S. The van der Waals surface area contributed by atoms with Gasteiger partial charge in [0.1, 0.15) is 0 Å². The van der Waals surface area contributed by atoms with Crippen LogP contribution in [0.15, 0.2) is 54.6 Å². The molecule has 0 heterocycles. The van der Waals surface area contributed by atoms with Crippen LogP contribution < -0.4 is 69.3 Å². The number of rotatable bonds is 16. The van der Waals surface area contributed by atoms with Gasteiger partial charge in [-0.2, -0.15) is 11.8 Å². The van der Waals surface area contributed by atoms with Gasteiger partial charge in [0.05, 0.1) is 0 Å². The van der Waals surface area contributed by atoms with Gasteiger partial charge in [0.15, 0.2) is 0 Å². The van der Waals surface area contributed by atoms with Crippen molar-refractivity contribution in [3.63, 3.8) is 0 Å². The summed E-state index contributed by atoms with van der Waals surface area (Å²) < 4.78 is 0. The number of aliphatic carboxylic acids is 2. The molecule has 2 aromatic rings. The number of thioether (sulfide) groups is 1. The predicted octanol–water partition coefficient (Wildman–Crippen LogP) is -2.13. The number of carbonyl (C=O) groups excluding carboxylic acids is 2. The van der Waals surface area contributed by atoms with Gasteiger partial charge in [-0.15, -0.1) is 0 Å². The average molecular weight is 487 g/mol. The van der Waals surface area contributed by atoms with Crippen molar-refractivity contribution in [2.45, 2.75) is 69.5 Å². The molecule has 0 aliphatic carbocycles. The number of benzene rings is 2. The Bertz CT molecular complexity index is 802. The van der Waals surface area contributed by atoms with E-state index in [2.05, 4.69) is 36.4 Å². The minimum absolute atomic E-state index is 0. The van der Waals surface area contributed by atoms with E-state index in [0.29, 0.717) is 5.75 Å². The molecule has 2 aromatic carbocycles. The first-order valence-electron chi connectivity index (χ1n) is 11.2. The summed E-state index contributed by atoms with van der Waals surface area (Å²) >= 11 is 1.35. The normalized spacial score (nSPS) is 11.2. The number of hydrogen-bond acceptors (Lipinski definition) is 5. The summed E-state index contributed by atoms with van der Waals surface area (Å²) in [6, 6.07) is 18.5. The quantitative estimate of drug-likeness (QED) is 0.200. The van der Waals surface area contributed by atoms with E-state index in [1.54, 1.807) is 0 Å². The fourth-order valence-electron chi connectivity index (χ4n) is 3.77. The van der Waals surface area contributed by atoms with Crippen LogP contribution in [-0.4, -0.2) is 17.7 Å². The van der Waals surface area contributed by atoms with E-state index in [9.17, 15) is 19.8 Å². The van der Waals surface area contributed by atoms with Crippen molar-refractivity contribution in [2.24, 2.45) is 0 Å². The molecule has 0 aliphatic rings. The number of carbonyl (C=O) groups is 2. The molecule has 0 bridgehead atoms. The Morgan fingerprint density at radius 1 is 0.727 bits per heavy atom. The number of carboxylic acids is 2. The third-order valence-electron chi connectivity index (χ3n) is 5.38. The van der Waals surface area contributed by atoms with Gasteiger partial charge < -0.3 is 19.8 Å². The molecule has 1 atom stereocenters. The summed E-state index contributed by atoms with van der Waals surface area (Å²) in [5, 5.41) is 21.6. The molecule has 0 radical (unpaired) electrons. The Kier molecular flexibility index (Phi) is 19.8. The van der Waals surface area contributed by atoms with Crippen molar-refractivity contribution in [3.05, 3.63) is 71.3 Å². The minimum atomic E-state index is -1.11. The van der Waals surface area contributed by atoms with Gasteiger partial charge in [-0.25, -0.2) is 0 Å². The fourth-order valence-corrected chi connectivity index (χ4v) is 5.00. The van der Waals surface area contributed by atoms with Crippen molar-refractivity contribution in [1.82, 2.24) is 0 Å². The summed E-state index contributed by atoms with van der Waals surface area (Å²) in [6.45, 7) is 0. The summed E-state index contributed by atoms with van der Waals surface area (Å²) in [6.07, 6.45) is 8.99. The molecule has 0 saturated carbocycles. The largest absolute Gasteiger partial charge is 1.00 e. The molecular weight excluding hydrogens is 454 g/mol. The van der Waals surface area contributed by atoms with Crippen LogP contribution in [-0.2, 0) is 22.4 Å². The molecule has 0 unspecified atom stereocenters. The van der Waals surface area contributed by atoms with E-state index < -0.39 is 11.9 Å². The Labute approximate surface area is 246 Å². The van der Waals surface area contributed by atoms with Gasteiger partial charge in [-0.05, 0) is 54.5 Å². The summed E-state index contributed by atoms with van der Waals surface area (Å²) in [5.41, 5.74) is 3.54. The number of carboxylic acid groups (broad SMARTS) is 2. The average Bonchev–Trinajstić information content (AvgIpc) is 2.75. The molecule has 4 nitrogen and oxygen atoms in total. The van der Waals surface area contributed by atoms with Gasteiger partial charge in [0.2, 0.25) is 0 Å². The van der Waals surface area contributed by atoms with Crippen LogP contribution in [0.5, 0.6) is 0 Å². The molecule has 168 valence electrons. The Morgan fingerprint density at radius 2 is 1.30 bits per heavy atom. The van der Waals surface area contributed by atoms with E-state index in [4.69, 9.17) is 0 Å². The summed E-state index contributed by atoms with van der Waals surface area (Å²) in [7, 11) is 0. The SMILES string of the molecule is O=C([O-])CCS[C@@H](CC(=O)[O-])c1ccccc1CCCCCCCCc1ccccc1.[Na+].[Na+]. The third kappa shape index (κ3) is 14.7. The van der Waals surface area contributed by atoms with E-state index in [1.165, 1.54) is 43.0 Å². The first-order chi connectivity index (χ1) is 15.1. The van der Waals surface area contributed by atoms with Crippen molar-refractivity contribution < 1.29 is 78.9 Å². The van der Waals surface area contributed by atoms with Crippen LogP contribution in [0.2, 0.25) is 0 Å². The second-order valence-electron chi connectivity index (χ2n) is 7.86. The Morgan fingerprint density at radius 3 is 1.94 bits per heavy atom. The van der Waals surface area contributed by atoms with Crippen LogP contribution in [0, 0.1) is 0 Å². The fraction of sp³-hybridized carbons (Fsp3) is 0.462.